The highest BCUT2D eigenvalue weighted by Gasteiger charge is 2.20. The van der Waals surface area contributed by atoms with Crippen LogP contribution < -0.4 is 4.74 Å². The van der Waals surface area contributed by atoms with Gasteiger partial charge >= 0.3 is 0 Å². The third-order valence-corrected chi connectivity index (χ3v) is 4.47. The van der Waals surface area contributed by atoms with E-state index in [-0.39, 0.29) is 17.9 Å². The molecule has 1 aromatic rings. The Hall–Kier alpha value is -1.58. The van der Waals surface area contributed by atoms with Crippen molar-refractivity contribution in [1.29, 1.82) is 5.26 Å². The topological polar surface area (TPSA) is 70.4 Å². The molecule has 0 aromatic heterocycles. The van der Waals surface area contributed by atoms with E-state index in [1.807, 2.05) is 6.07 Å². The predicted molar refractivity (Wildman–Crippen MR) is 67.8 cm³/mol. The summed E-state index contributed by atoms with van der Waals surface area (Å²) in [7, 11) is -0.530. The highest BCUT2D eigenvalue weighted by Crippen LogP contribution is 2.23. The fourth-order valence-corrected chi connectivity index (χ4v) is 2.78. The minimum absolute atomic E-state index is 0.171. The molecule has 0 unspecified atom stereocenters. The molecule has 1 rings (SSSR count). The predicted octanol–water partition coefficient (Wildman–Crippen LogP) is 1.54. The van der Waals surface area contributed by atoms with Crippen LogP contribution in [-0.2, 0) is 10.0 Å². The summed E-state index contributed by atoms with van der Waals surface area (Å²) >= 11 is 0. The molecule has 0 aliphatic carbocycles. The average Bonchev–Trinajstić information content (AvgIpc) is 2.35. The maximum atomic E-state index is 12.2. The minimum atomic E-state index is -3.53. The highest BCUT2D eigenvalue weighted by molar-refractivity contribution is 7.89. The average molecular weight is 268 g/mol. The summed E-state index contributed by atoms with van der Waals surface area (Å²) < 4.78 is 30.6. The monoisotopic (exact) mass is 268 g/mol. The Balaban J connectivity index is 3.06. The van der Waals surface area contributed by atoms with Gasteiger partial charge in [-0.25, -0.2) is 8.42 Å². The lowest BCUT2D eigenvalue weighted by molar-refractivity contribution is 0.411. The largest absolute Gasteiger partial charge is 0.496 e. The fraction of sp³-hybridized carbons (Fsp3) is 0.417. The number of nitriles is 1. The Morgan fingerprint density at radius 1 is 1.44 bits per heavy atom. The van der Waals surface area contributed by atoms with E-state index in [2.05, 4.69) is 0 Å². The molecule has 98 valence electrons. The Morgan fingerprint density at radius 3 is 2.61 bits per heavy atom. The van der Waals surface area contributed by atoms with E-state index in [0.29, 0.717) is 5.75 Å². The van der Waals surface area contributed by atoms with Crippen molar-refractivity contribution in [1.82, 2.24) is 4.31 Å². The maximum Gasteiger partial charge on any atom is 0.242 e. The van der Waals surface area contributed by atoms with Crippen LogP contribution in [0, 0.1) is 18.3 Å². The maximum absolute atomic E-state index is 12.2. The summed E-state index contributed by atoms with van der Waals surface area (Å²) in [4.78, 5) is 0.209. The van der Waals surface area contributed by atoms with Crippen LogP contribution in [0.4, 0.5) is 0 Å². The van der Waals surface area contributed by atoms with Gasteiger partial charge in [0, 0.05) is 20.0 Å². The Morgan fingerprint density at radius 2 is 2.11 bits per heavy atom. The first-order chi connectivity index (χ1) is 8.43. The van der Waals surface area contributed by atoms with E-state index in [4.69, 9.17) is 10.00 Å². The summed E-state index contributed by atoms with van der Waals surface area (Å²) in [5.41, 5.74) is 0.757. The number of ether oxygens (including phenoxy) is 1. The van der Waals surface area contributed by atoms with Gasteiger partial charge in [0.05, 0.1) is 18.1 Å². The number of aryl methyl sites for hydroxylation is 1. The van der Waals surface area contributed by atoms with Crippen molar-refractivity contribution in [2.24, 2.45) is 0 Å². The molecule has 0 atom stereocenters. The van der Waals surface area contributed by atoms with Gasteiger partial charge in [0.1, 0.15) is 5.75 Å². The van der Waals surface area contributed by atoms with Crippen molar-refractivity contribution in [3.05, 3.63) is 23.8 Å². The Labute approximate surface area is 108 Å². The van der Waals surface area contributed by atoms with E-state index in [9.17, 15) is 8.42 Å². The van der Waals surface area contributed by atoms with Crippen LogP contribution in [0.15, 0.2) is 23.1 Å². The smallest absolute Gasteiger partial charge is 0.242 e. The van der Waals surface area contributed by atoms with Gasteiger partial charge < -0.3 is 4.74 Å². The number of nitrogens with zero attached hydrogens (tertiary/aromatic N) is 2. The highest BCUT2D eigenvalue weighted by atomic mass is 32.2. The van der Waals surface area contributed by atoms with E-state index >= 15 is 0 Å². The molecule has 1 aromatic carbocycles. The molecule has 5 nitrogen and oxygen atoms in total. The number of sulfonamides is 1. The third kappa shape index (κ3) is 3.00. The second-order valence-electron chi connectivity index (χ2n) is 3.87. The minimum Gasteiger partial charge on any atom is -0.496 e. The van der Waals surface area contributed by atoms with Crippen molar-refractivity contribution >= 4 is 10.0 Å². The molecule has 0 radical (unpaired) electrons. The van der Waals surface area contributed by atoms with Gasteiger partial charge in [-0.15, -0.1) is 0 Å². The summed E-state index contributed by atoms with van der Waals surface area (Å²) in [6.07, 6.45) is 0.171. The lowest BCUT2D eigenvalue weighted by Gasteiger charge is -2.16. The fourth-order valence-electron chi connectivity index (χ4n) is 1.52. The van der Waals surface area contributed by atoms with E-state index in [1.165, 1.54) is 24.5 Å². The van der Waals surface area contributed by atoms with Crippen LogP contribution in [0.1, 0.15) is 12.0 Å². The standard InChI is InChI=1S/C12H16N2O3S/c1-10-9-11(5-6-12(10)17-3)18(15,16)14(2)8-4-7-13/h5-6,9H,4,8H2,1-3H3. The second kappa shape index (κ2) is 5.85. The molecule has 0 spiro atoms. The Bertz CT molecular complexity index is 561. The number of rotatable bonds is 5. The van der Waals surface area contributed by atoms with Crippen LogP contribution in [0.5, 0.6) is 5.75 Å². The zero-order chi connectivity index (χ0) is 13.8. The van der Waals surface area contributed by atoms with Gasteiger partial charge in [-0.2, -0.15) is 9.57 Å². The van der Waals surface area contributed by atoms with Crippen molar-refractivity contribution < 1.29 is 13.2 Å². The lowest BCUT2D eigenvalue weighted by atomic mass is 10.2. The van der Waals surface area contributed by atoms with Crippen LogP contribution in [-0.4, -0.2) is 33.4 Å². The molecule has 0 bridgehead atoms. The van der Waals surface area contributed by atoms with Gasteiger partial charge in [0.15, 0.2) is 0 Å². The van der Waals surface area contributed by atoms with E-state index in [0.717, 1.165) is 5.56 Å². The molecule has 0 saturated carbocycles. The van der Waals surface area contributed by atoms with Gasteiger partial charge in [-0.3, -0.25) is 0 Å². The number of methoxy groups -OCH3 is 1. The summed E-state index contributed by atoms with van der Waals surface area (Å²) in [5.74, 6) is 0.647. The number of benzene rings is 1. The molecule has 0 fully saturated rings. The first kappa shape index (κ1) is 14.5. The van der Waals surface area contributed by atoms with Crippen molar-refractivity contribution in [2.45, 2.75) is 18.2 Å². The molecule has 18 heavy (non-hydrogen) atoms. The first-order valence-corrected chi connectivity index (χ1v) is 6.85. The Kier molecular flexibility index (Phi) is 4.70. The summed E-state index contributed by atoms with van der Waals surface area (Å²) in [5, 5.41) is 8.48. The molecule has 0 aliphatic heterocycles. The molecule has 0 aliphatic rings. The molecular weight excluding hydrogens is 252 g/mol. The SMILES string of the molecule is COc1ccc(S(=O)(=O)N(C)CCC#N)cc1C. The number of hydrogen-bond acceptors (Lipinski definition) is 4. The van der Waals surface area contributed by atoms with Gasteiger partial charge in [-0.1, -0.05) is 0 Å². The van der Waals surface area contributed by atoms with E-state index < -0.39 is 10.0 Å². The van der Waals surface area contributed by atoms with Crippen LogP contribution >= 0.6 is 0 Å². The third-order valence-electron chi connectivity index (χ3n) is 2.61. The van der Waals surface area contributed by atoms with Gasteiger partial charge in [0.25, 0.3) is 0 Å². The molecule has 6 heteroatoms. The quantitative estimate of drug-likeness (QED) is 0.812. The summed E-state index contributed by atoms with van der Waals surface area (Å²) in [6.45, 7) is 1.97. The lowest BCUT2D eigenvalue weighted by Crippen LogP contribution is -2.27. The molecular formula is C12H16N2O3S. The molecule has 0 heterocycles. The van der Waals surface area contributed by atoms with Crippen molar-refractivity contribution in [3.63, 3.8) is 0 Å². The normalized spacial score (nSPS) is 11.3. The van der Waals surface area contributed by atoms with Crippen molar-refractivity contribution in [2.75, 3.05) is 20.7 Å². The van der Waals surface area contributed by atoms with Gasteiger partial charge in [0.2, 0.25) is 10.0 Å². The van der Waals surface area contributed by atoms with Crippen LogP contribution in [0.25, 0.3) is 0 Å². The van der Waals surface area contributed by atoms with Crippen LogP contribution in [0.2, 0.25) is 0 Å². The zero-order valence-electron chi connectivity index (χ0n) is 10.7. The molecule has 0 N–H and O–H groups in total. The molecule has 0 amide bonds. The van der Waals surface area contributed by atoms with E-state index in [1.54, 1.807) is 19.1 Å². The van der Waals surface area contributed by atoms with Crippen molar-refractivity contribution in [3.8, 4) is 11.8 Å². The summed E-state index contributed by atoms with van der Waals surface area (Å²) in [6, 6.07) is 6.62. The first-order valence-electron chi connectivity index (χ1n) is 5.41. The number of hydrogen-bond donors (Lipinski definition) is 0. The van der Waals surface area contributed by atoms with Crippen LogP contribution in [0.3, 0.4) is 0 Å². The van der Waals surface area contributed by atoms with Gasteiger partial charge in [-0.05, 0) is 30.7 Å². The second-order valence-corrected chi connectivity index (χ2v) is 5.91. The zero-order valence-corrected chi connectivity index (χ0v) is 11.5. The molecule has 0 saturated heterocycles.